The summed E-state index contributed by atoms with van der Waals surface area (Å²) in [4.78, 5) is 26.1. The number of methoxy groups -OCH3 is 1. The summed E-state index contributed by atoms with van der Waals surface area (Å²) in [6, 6.07) is 4.94. The second kappa shape index (κ2) is 6.60. The second-order valence-electron chi connectivity index (χ2n) is 4.22. The maximum atomic E-state index is 11.8. The van der Waals surface area contributed by atoms with E-state index in [4.69, 9.17) is 9.15 Å². The lowest BCUT2D eigenvalue weighted by Crippen LogP contribution is -2.26. The van der Waals surface area contributed by atoms with Crippen molar-refractivity contribution in [2.75, 3.05) is 13.7 Å². The highest BCUT2D eigenvalue weighted by molar-refractivity contribution is 5.92. The van der Waals surface area contributed by atoms with Crippen molar-refractivity contribution < 1.29 is 13.9 Å². The largest absolute Gasteiger partial charge is 0.491 e. The Bertz CT molecular complexity index is 616. The van der Waals surface area contributed by atoms with Crippen molar-refractivity contribution >= 4 is 5.91 Å². The molecule has 6 nitrogen and oxygen atoms in total. The van der Waals surface area contributed by atoms with Crippen molar-refractivity contribution in [1.29, 1.82) is 0 Å². The first-order valence-corrected chi connectivity index (χ1v) is 6.28. The van der Waals surface area contributed by atoms with Gasteiger partial charge < -0.3 is 19.5 Å². The quantitative estimate of drug-likeness (QED) is 0.780. The number of hydrogen-bond donors (Lipinski definition) is 2. The van der Waals surface area contributed by atoms with E-state index in [9.17, 15) is 9.59 Å². The Morgan fingerprint density at radius 3 is 3.00 bits per heavy atom. The lowest BCUT2D eigenvalue weighted by Gasteiger charge is -2.05. The molecular formula is C14H16N2O4. The van der Waals surface area contributed by atoms with Gasteiger partial charge in [0.25, 0.3) is 5.91 Å². The molecule has 2 heterocycles. The second-order valence-corrected chi connectivity index (χ2v) is 4.22. The highest BCUT2D eigenvalue weighted by atomic mass is 16.5. The van der Waals surface area contributed by atoms with E-state index in [-0.39, 0.29) is 22.8 Å². The summed E-state index contributed by atoms with van der Waals surface area (Å²) >= 11 is 0. The van der Waals surface area contributed by atoms with E-state index in [0.29, 0.717) is 6.54 Å². The fraction of sp³-hybridized carbons (Fsp3) is 0.286. The first kappa shape index (κ1) is 13.9. The Morgan fingerprint density at radius 2 is 2.35 bits per heavy atom. The number of pyridine rings is 1. The van der Waals surface area contributed by atoms with Gasteiger partial charge in [0.05, 0.1) is 13.4 Å². The summed E-state index contributed by atoms with van der Waals surface area (Å²) in [6.07, 6.45) is 4.52. The molecule has 2 N–H and O–H groups in total. The van der Waals surface area contributed by atoms with Gasteiger partial charge in [-0.2, -0.15) is 0 Å². The molecule has 0 saturated heterocycles. The molecule has 0 unspecified atom stereocenters. The lowest BCUT2D eigenvalue weighted by molar-refractivity contribution is 0.0948. The molecule has 0 saturated carbocycles. The summed E-state index contributed by atoms with van der Waals surface area (Å²) in [5.74, 6) is 0.751. The average molecular weight is 276 g/mol. The van der Waals surface area contributed by atoms with Gasteiger partial charge in [-0.05, 0) is 18.6 Å². The summed E-state index contributed by atoms with van der Waals surface area (Å²) in [6.45, 7) is 0.508. The molecule has 2 rings (SSSR count). The molecule has 0 bridgehead atoms. The van der Waals surface area contributed by atoms with Crippen LogP contribution in [0.1, 0.15) is 22.7 Å². The number of H-pyrrole nitrogens is 1. The van der Waals surface area contributed by atoms with Gasteiger partial charge in [0.1, 0.15) is 11.5 Å². The van der Waals surface area contributed by atoms with Gasteiger partial charge in [-0.15, -0.1) is 0 Å². The van der Waals surface area contributed by atoms with Crippen molar-refractivity contribution in [1.82, 2.24) is 10.3 Å². The van der Waals surface area contributed by atoms with Gasteiger partial charge in [0.2, 0.25) is 5.43 Å². The van der Waals surface area contributed by atoms with E-state index < -0.39 is 0 Å². The topological polar surface area (TPSA) is 84.3 Å². The van der Waals surface area contributed by atoms with Crippen LogP contribution in [0, 0.1) is 0 Å². The number of carbonyl (C=O) groups is 1. The van der Waals surface area contributed by atoms with Crippen LogP contribution in [0.3, 0.4) is 0 Å². The Morgan fingerprint density at radius 1 is 1.50 bits per heavy atom. The zero-order chi connectivity index (χ0) is 14.4. The minimum absolute atomic E-state index is 0.180. The van der Waals surface area contributed by atoms with Crippen LogP contribution in [-0.4, -0.2) is 24.5 Å². The smallest absolute Gasteiger partial charge is 0.267 e. The van der Waals surface area contributed by atoms with E-state index in [1.807, 2.05) is 12.1 Å². The molecule has 0 aliphatic rings. The number of aryl methyl sites for hydroxylation is 1. The predicted molar refractivity (Wildman–Crippen MR) is 73.0 cm³/mol. The highest BCUT2D eigenvalue weighted by Gasteiger charge is 2.08. The fourth-order valence-corrected chi connectivity index (χ4v) is 1.76. The summed E-state index contributed by atoms with van der Waals surface area (Å²) < 4.78 is 10.0. The third-order valence-corrected chi connectivity index (χ3v) is 2.81. The van der Waals surface area contributed by atoms with E-state index in [2.05, 4.69) is 10.3 Å². The van der Waals surface area contributed by atoms with Gasteiger partial charge >= 0.3 is 0 Å². The first-order chi connectivity index (χ1) is 9.70. The Kier molecular flexibility index (Phi) is 4.60. The number of nitrogens with one attached hydrogen (secondary N) is 2. The maximum absolute atomic E-state index is 11.8. The Labute approximate surface area is 115 Å². The van der Waals surface area contributed by atoms with E-state index >= 15 is 0 Å². The van der Waals surface area contributed by atoms with Gasteiger partial charge in [0.15, 0.2) is 5.75 Å². The van der Waals surface area contributed by atoms with E-state index in [1.165, 1.54) is 19.4 Å². The third kappa shape index (κ3) is 3.50. The van der Waals surface area contributed by atoms with Crippen LogP contribution in [0.25, 0.3) is 0 Å². The van der Waals surface area contributed by atoms with Crippen molar-refractivity contribution in [3.63, 3.8) is 0 Å². The molecule has 0 aliphatic carbocycles. The molecule has 6 heteroatoms. The van der Waals surface area contributed by atoms with E-state index in [0.717, 1.165) is 18.6 Å². The normalized spacial score (nSPS) is 10.2. The molecule has 0 spiro atoms. The number of aromatic nitrogens is 1. The van der Waals surface area contributed by atoms with Crippen LogP contribution in [0.4, 0.5) is 0 Å². The number of hydrogen-bond acceptors (Lipinski definition) is 4. The van der Waals surface area contributed by atoms with Crippen LogP contribution < -0.4 is 15.5 Å². The molecule has 0 radical (unpaired) electrons. The minimum atomic E-state index is -0.327. The minimum Gasteiger partial charge on any atom is -0.491 e. The van der Waals surface area contributed by atoms with Crippen molar-refractivity contribution in [3.8, 4) is 5.75 Å². The molecule has 0 atom stereocenters. The predicted octanol–water partition coefficient (Wildman–Crippen LogP) is 1.34. The highest BCUT2D eigenvalue weighted by Crippen LogP contribution is 2.03. The molecule has 106 valence electrons. The number of ether oxygens (including phenoxy) is 1. The van der Waals surface area contributed by atoms with Crippen molar-refractivity contribution in [2.24, 2.45) is 0 Å². The van der Waals surface area contributed by atoms with Crippen LogP contribution in [0.15, 0.2) is 39.9 Å². The van der Waals surface area contributed by atoms with Crippen LogP contribution in [-0.2, 0) is 6.42 Å². The zero-order valence-electron chi connectivity index (χ0n) is 11.1. The number of furan rings is 1. The molecule has 0 fully saturated rings. The van der Waals surface area contributed by atoms with Crippen molar-refractivity contribution in [2.45, 2.75) is 12.8 Å². The number of rotatable bonds is 6. The SMILES string of the molecule is COc1c[nH]c(C(=O)NCCCc2ccco2)cc1=O. The standard InChI is InChI=1S/C14H16N2O4/c1-19-13-9-16-11(8-12(13)17)14(18)15-6-2-4-10-5-3-7-20-10/h3,5,7-9H,2,4,6H2,1H3,(H,15,18)(H,16,17). The monoisotopic (exact) mass is 276 g/mol. The number of aromatic amines is 1. The molecule has 1 amide bonds. The van der Waals surface area contributed by atoms with Crippen molar-refractivity contribution in [3.05, 3.63) is 52.3 Å². The molecule has 0 aromatic carbocycles. The van der Waals surface area contributed by atoms with E-state index in [1.54, 1.807) is 6.26 Å². The number of amides is 1. The van der Waals surface area contributed by atoms with Crippen LogP contribution in [0.5, 0.6) is 5.75 Å². The Balaban J connectivity index is 1.82. The molecule has 2 aromatic rings. The molecular weight excluding hydrogens is 260 g/mol. The Hall–Kier alpha value is -2.50. The van der Waals surface area contributed by atoms with Gasteiger partial charge in [0, 0.05) is 25.2 Å². The zero-order valence-corrected chi connectivity index (χ0v) is 11.1. The fourth-order valence-electron chi connectivity index (χ4n) is 1.76. The number of carbonyl (C=O) groups excluding carboxylic acids is 1. The molecule has 2 aromatic heterocycles. The van der Waals surface area contributed by atoms with Gasteiger partial charge in [-0.25, -0.2) is 0 Å². The third-order valence-electron chi connectivity index (χ3n) is 2.81. The average Bonchev–Trinajstić information content (AvgIpc) is 2.96. The maximum Gasteiger partial charge on any atom is 0.267 e. The summed E-state index contributed by atoms with van der Waals surface area (Å²) in [7, 11) is 1.40. The first-order valence-electron chi connectivity index (χ1n) is 6.28. The summed E-state index contributed by atoms with van der Waals surface area (Å²) in [5.41, 5.74) is -0.110. The van der Waals surface area contributed by atoms with Gasteiger partial charge in [-0.3, -0.25) is 9.59 Å². The van der Waals surface area contributed by atoms with Crippen LogP contribution in [0.2, 0.25) is 0 Å². The summed E-state index contributed by atoms with van der Waals surface area (Å²) in [5, 5.41) is 2.73. The molecule has 0 aliphatic heterocycles. The lowest BCUT2D eigenvalue weighted by atomic mass is 10.2. The van der Waals surface area contributed by atoms with Gasteiger partial charge in [-0.1, -0.05) is 0 Å². The molecule has 20 heavy (non-hydrogen) atoms. The van der Waals surface area contributed by atoms with Crippen LogP contribution >= 0.6 is 0 Å².